The average Bonchev–Trinajstić information content (AvgIpc) is 2.55. The van der Waals surface area contributed by atoms with Crippen LogP contribution in [-0.4, -0.2) is 10.7 Å². The molecule has 2 aromatic rings. The minimum absolute atomic E-state index is 0.0822. The summed E-state index contributed by atoms with van der Waals surface area (Å²) in [4.78, 5) is 22.6. The zero-order chi connectivity index (χ0) is 17.0. The van der Waals surface area contributed by atoms with Crippen molar-refractivity contribution in [2.24, 2.45) is 0 Å². The van der Waals surface area contributed by atoms with E-state index in [1.54, 1.807) is 12.1 Å². The van der Waals surface area contributed by atoms with Crippen molar-refractivity contribution >= 4 is 33.5 Å². The maximum absolute atomic E-state index is 12.4. The third-order valence-electron chi connectivity index (χ3n) is 3.19. The number of aryl methyl sites for hydroxylation is 1. The highest BCUT2D eigenvalue weighted by Crippen LogP contribution is 2.21. The lowest BCUT2D eigenvalue weighted by Crippen LogP contribution is -2.02. The molecule has 23 heavy (non-hydrogen) atoms. The van der Waals surface area contributed by atoms with Crippen LogP contribution in [0.15, 0.2) is 52.5 Å². The molecule has 0 heterocycles. The van der Waals surface area contributed by atoms with Crippen molar-refractivity contribution in [2.45, 2.75) is 6.92 Å². The molecule has 2 aromatic carbocycles. The van der Waals surface area contributed by atoms with E-state index in [2.05, 4.69) is 15.9 Å². The minimum atomic E-state index is -0.580. The second-order valence-electron chi connectivity index (χ2n) is 4.81. The Balaban J connectivity index is 2.40. The number of rotatable bonds is 4. The van der Waals surface area contributed by atoms with Crippen LogP contribution >= 0.6 is 15.9 Å². The molecule has 0 aliphatic heterocycles. The quantitative estimate of drug-likeness (QED) is 0.261. The van der Waals surface area contributed by atoms with E-state index in [0.717, 1.165) is 10.0 Å². The van der Waals surface area contributed by atoms with E-state index in [1.165, 1.54) is 30.3 Å². The number of nitro groups is 1. The Hall–Kier alpha value is -2.78. The average molecular weight is 371 g/mol. The van der Waals surface area contributed by atoms with Gasteiger partial charge < -0.3 is 0 Å². The molecule has 0 aliphatic carbocycles. The van der Waals surface area contributed by atoms with Gasteiger partial charge in [0.2, 0.25) is 5.78 Å². The summed E-state index contributed by atoms with van der Waals surface area (Å²) >= 11 is 3.39. The van der Waals surface area contributed by atoms with E-state index in [-0.39, 0.29) is 16.8 Å². The van der Waals surface area contributed by atoms with Crippen molar-refractivity contribution in [3.05, 3.63) is 79.3 Å². The summed E-state index contributed by atoms with van der Waals surface area (Å²) in [5.41, 5.74) is 1.56. The van der Waals surface area contributed by atoms with Crippen molar-refractivity contribution in [3.63, 3.8) is 0 Å². The Labute approximate surface area is 141 Å². The highest BCUT2D eigenvalue weighted by Gasteiger charge is 2.15. The Morgan fingerprint density at radius 2 is 2.04 bits per heavy atom. The molecule has 0 radical (unpaired) electrons. The van der Waals surface area contributed by atoms with Gasteiger partial charge in [0.1, 0.15) is 11.6 Å². The zero-order valence-corrected chi connectivity index (χ0v) is 13.7. The lowest BCUT2D eigenvalue weighted by atomic mass is 10.0. The van der Waals surface area contributed by atoms with Crippen LogP contribution in [0.2, 0.25) is 0 Å². The predicted molar refractivity (Wildman–Crippen MR) is 89.9 cm³/mol. The molecule has 5 nitrogen and oxygen atoms in total. The molecule has 0 amide bonds. The fourth-order valence-corrected chi connectivity index (χ4v) is 2.33. The second-order valence-corrected chi connectivity index (χ2v) is 5.67. The van der Waals surface area contributed by atoms with Crippen LogP contribution in [0.1, 0.15) is 21.5 Å². The number of hydrogen-bond acceptors (Lipinski definition) is 4. The number of halogens is 1. The second kappa shape index (κ2) is 6.99. The first-order chi connectivity index (χ1) is 10.9. The van der Waals surface area contributed by atoms with Gasteiger partial charge in [0, 0.05) is 22.2 Å². The molecule has 2 rings (SSSR count). The number of hydrogen-bond donors (Lipinski definition) is 0. The van der Waals surface area contributed by atoms with Crippen LogP contribution in [-0.2, 0) is 0 Å². The lowest BCUT2D eigenvalue weighted by Gasteiger charge is -2.02. The molecule has 0 saturated heterocycles. The zero-order valence-electron chi connectivity index (χ0n) is 12.1. The molecular formula is C17H11BrN2O3. The highest BCUT2D eigenvalue weighted by molar-refractivity contribution is 9.10. The van der Waals surface area contributed by atoms with Gasteiger partial charge >= 0.3 is 0 Å². The lowest BCUT2D eigenvalue weighted by molar-refractivity contribution is -0.384. The molecular weight excluding hydrogens is 360 g/mol. The maximum Gasteiger partial charge on any atom is 0.270 e. The number of Topliss-reactive ketones (excluding diaryl/α,β-unsaturated/α-hetero) is 1. The third kappa shape index (κ3) is 3.90. The molecule has 0 N–H and O–H groups in total. The number of nitrogens with zero attached hydrogens (tertiary/aromatic N) is 2. The molecule has 0 aromatic heterocycles. The summed E-state index contributed by atoms with van der Waals surface area (Å²) in [6.07, 6.45) is 1.46. The van der Waals surface area contributed by atoms with Gasteiger partial charge in [-0.3, -0.25) is 14.9 Å². The van der Waals surface area contributed by atoms with Gasteiger partial charge in [-0.1, -0.05) is 40.2 Å². The molecule has 0 bridgehead atoms. The maximum atomic E-state index is 12.4. The van der Waals surface area contributed by atoms with E-state index < -0.39 is 10.7 Å². The summed E-state index contributed by atoms with van der Waals surface area (Å²) in [5.74, 6) is -0.548. The Morgan fingerprint density at radius 1 is 1.30 bits per heavy atom. The molecule has 114 valence electrons. The van der Waals surface area contributed by atoms with Crippen LogP contribution in [0, 0.1) is 28.4 Å². The van der Waals surface area contributed by atoms with E-state index in [4.69, 9.17) is 0 Å². The monoisotopic (exact) mass is 370 g/mol. The van der Waals surface area contributed by atoms with Gasteiger partial charge in [0.25, 0.3) is 5.69 Å². The van der Waals surface area contributed by atoms with E-state index in [9.17, 15) is 20.2 Å². The third-order valence-corrected chi connectivity index (χ3v) is 4.05. The van der Waals surface area contributed by atoms with Crippen molar-refractivity contribution in [3.8, 4) is 6.07 Å². The summed E-state index contributed by atoms with van der Waals surface area (Å²) in [5, 5.41) is 20.0. The Kier molecular flexibility index (Phi) is 5.04. The van der Waals surface area contributed by atoms with Crippen molar-refractivity contribution < 1.29 is 9.72 Å². The fourth-order valence-electron chi connectivity index (χ4n) is 1.93. The fraction of sp³-hybridized carbons (Fsp3) is 0.0588. The topological polar surface area (TPSA) is 84.0 Å². The number of nitro benzene ring substituents is 1. The van der Waals surface area contributed by atoms with Gasteiger partial charge in [-0.15, -0.1) is 0 Å². The van der Waals surface area contributed by atoms with Crippen LogP contribution < -0.4 is 0 Å². The van der Waals surface area contributed by atoms with Gasteiger partial charge in [-0.2, -0.15) is 5.26 Å². The molecule has 6 heteroatoms. The Morgan fingerprint density at radius 3 is 2.65 bits per heavy atom. The van der Waals surface area contributed by atoms with Gasteiger partial charge in [-0.05, 0) is 30.2 Å². The predicted octanol–water partition coefficient (Wildman–Crippen LogP) is 4.46. The van der Waals surface area contributed by atoms with Crippen LogP contribution in [0.3, 0.4) is 0 Å². The normalized spacial score (nSPS) is 10.9. The van der Waals surface area contributed by atoms with Gasteiger partial charge in [0.05, 0.1) is 4.92 Å². The summed E-state index contributed by atoms with van der Waals surface area (Å²) in [6.45, 7) is 1.93. The van der Waals surface area contributed by atoms with E-state index in [1.807, 2.05) is 19.1 Å². The first kappa shape index (κ1) is 16.6. The summed E-state index contributed by atoms with van der Waals surface area (Å²) < 4.78 is 0.867. The number of carbonyl (C=O) groups is 1. The van der Waals surface area contributed by atoms with Crippen molar-refractivity contribution in [2.75, 3.05) is 0 Å². The summed E-state index contributed by atoms with van der Waals surface area (Å²) in [7, 11) is 0. The van der Waals surface area contributed by atoms with Crippen molar-refractivity contribution in [1.82, 2.24) is 0 Å². The van der Waals surface area contributed by atoms with Crippen LogP contribution in [0.5, 0.6) is 0 Å². The minimum Gasteiger partial charge on any atom is -0.288 e. The highest BCUT2D eigenvalue weighted by atomic mass is 79.9. The molecule has 0 atom stereocenters. The van der Waals surface area contributed by atoms with Crippen molar-refractivity contribution in [1.29, 1.82) is 5.26 Å². The number of carbonyl (C=O) groups excluding carboxylic acids is 1. The number of allylic oxidation sites excluding steroid dienone is 1. The SMILES string of the molecule is Cc1ccc(/C=C(\C#N)C(=O)c2cccc([N+](=O)[O-])c2)cc1Br. The first-order valence-electron chi connectivity index (χ1n) is 6.59. The molecule has 0 aliphatic rings. The van der Waals surface area contributed by atoms with Crippen LogP contribution in [0.4, 0.5) is 5.69 Å². The smallest absolute Gasteiger partial charge is 0.270 e. The number of non-ortho nitro benzene ring substituents is 1. The number of benzene rings is 2. The largest absolute Gasteiger partial charge is 0.288 e. The molecule has 0 spiro atoms. The summed E-state index contributed by atoms with van der Waals surface area (Å²) in [6, 6.07) is 12.6. The van der Waals surface area contributed by atoms with Crippen LogP contribution in [0.25, 0.3) is 6.08 Å². The van der Waals surface area contributed by atoms with E-state index in [0.29, 0.717) is 5.56 Å². The van der Waals surface area contributed by atoms with E-state index >= 15 is 0 Å². The molecule has 0 unspecified atom stereocenters. The molecule has 0 fully saturated rings. The number of nitriles is 1. The number of ketones is 1. The van der Waals surface area contributed by atoms with Gasteiger partial charge in [-0.25, -0.2) is 0 Å². The first-order valence-corrected chi connectivity index (χ1v) is 7.39. The Bertz CT molecular complexity index is 866. The van der Waals surface area contributed by atoms with Gasteiger partial charge in [0.15, 0.2) is 0 Å². The standard InChI is InChI=1S/C17H11BrN2O3/c1-11-5-6-12(8-16(11)18)7-14(10-19)17(21)13-3-2-4-15(9-13)20(22)23/h2-9H,1H3/b14-7+. The molecule has 0 saturated carbocycles.